The summed E-state index contributed by atoms with van der Waals surface area (Å²) in [4.78, 5) is 23.5. The fourth-order valence-electron chi connectivity index (χ4n) is 0.992. The molecule has 0 aliphatic carbocycles. The van der Waals surface area contributed by atoms with Crippen molar-refractivity contribution >= 4 is 20.1 Å². The maximum atomic E-state index is 11.9. The zero-order valence-corrected chi connectivity index (χ0v) is 13.2. The number of aliphatic hydroxyl groups excluding tert-OH is 1. The number of aliphatic hydroxyl groups is 2. The largest absolute Gasteiger partial charge is 0.517 e. The van der Waals surface area contributed by atoms with Crippen molar-refractivity contribution in [1.29, 1.82) is 0 Å². The number of ketones is 1. The summed E-state index contributed by atoms with van der Waals surface area (Å²) in [6.45, 7) is 11.8. The Kier molecular flexibility index (Phi) is 4.90. The molecular formula is C12H24O5Si. The van der Waals surface area contributed by atoms with Crippen LogP contribution in [0.5, 0.6) is 0 Å². The molecule has 0 aromatic carbocycles. The quantitative estimate of drug-likeness (QED) is 0.596. The summed E-state index contributed by atoms with van der Waals surface area (Å²) in [5, 5.41) is 18.8. The van der Waals surface area contributed by atoms with Gasteiger partial charge in [0.15, 0.2) is 0 Å². The lowest BCUT2D eigenvalue weighted by atomic mass is 9.98. The van der Waals surface area contributed by atoms with E-state index in [1.165, 1.54) is 6.92 Å². The minimum Gasteiger partial charge on any atom is -0.517 e. The molecule has 106 valence electrons. The van der Waals surface area contributed by atoms with Gasteiger partial charge in [-0.2, -0.15) is 0 Å². The van der Waals surface area contributed by atoms with E-state index in [0.717, 1.165) is 6.92 Å². The lowest BCUT2D eigenvalue weighted by Crippen LogP contribution is -2.54. The van der Waals surface area contributed by atoms with Gasteiger partial charge in [0, 0.05) is 0 Å². The number of hydrogen-bond donors (Lipinski definition) is 2. The van der Waals surface area contributed by atoms with Crippen LogP contribution in [-0.2, 0) is 14.0 Å². The monoisotopic (exact) mass is 276 g/mol. The van der Waals surface area contributed by atoms with E-state index in [-0.39, 0.29) is 5.04 Å². The van der Waals surface area contributed by atoms with Crippen LogP contribution in [0.15, 0.2) is 0 Å². The van der Waals surface area contributed by atoms with Crippen molar-refractivity contribution in [2.75, 3.05) is 0 Å². The Morgan fingerprint density at radius 2 is 1.56 bits per heavy atom. The van der Waals surface area contributed by atoms with Crippen molar-refractivity contribution in [3.05, 3.63) is 0 Å². The third kappa shape index (κ3) is 3.63. The van der Waals surface area contributed by atoms with Crippen LogP contribution in [0.25, 0.3) is 0 Å². The van der Waals surface area contributed by atoms with Gasteiger partial charge in [-0.15, -0.1) is 0 Å². The van der Waals surface area contributed by atoms with Crippen molar-refractivity contribution in [3.8, 4) is 0 Å². The summed E-state index contributed by atoms with van der Waals surface area (Å²) < 4.78 is 5.36. The Morgan fingerprint density at radius 3 is 1.83 bits per heavy atom. The predicted octanol–water partition coefficient (Wildman–Crippen LogP) is 1.24. The molecule has 18 heavy (non-hydrogen) atoms. The third-order valence-corrected chi connectivity index (χ3v) is 7.72. The van der Waals surface area contributed by atoms with Gasteiger partial charge in [0.1, 0.15) is 6.10 Å². The molecule has 0 aromatic heterocycles. The molecule has 5 nitrogen and oxygen atoms in total. The van der Waals surface area contributed by atoms with E-state index >= 15 is 0 Å². The van der Waals surface area contributed by atoms with Crippen LogP contribution < -0.4 is 0 Å². The first-order chi connectivity index (χ1) is 7.73. The molecule has 2 atom stereocenters. The summed E-state index contributed by atoms with van der Waals surface area (Å²) in [5.41, 5.74) is -2.30. The van der Waals surface area contributed by atoms with Crippen molar-refractivity contribution in [1.82, 2.24) is 0 Å². The third-order valence-electron chi connectivity index (χ3n) is 3.41. The van der Waals surface area contributed by atoms with Crippen LogP contribution >= 0.6 is 0 Å². The second kappa shape index (κ2) is 5.11. The number of rotatable bonds is 4. The van der Waals surface area contributed by atoms with Crippen molar-refractivity contribution in [2.24, 2.45) is 0 Å². The average molecular weight is 276 g/mol. The van der Waals surface area contributed by atoms with E-state index in [1.807, 2.05) is 33.9 Å². The average Bonchev–Trinajstić information content (AvgIpc) is 2.13. The summed E-state index contributed by atoms with van der Waals surface area (Å²) in [6.07, 6.45) is -1.41. The molecule has 0 saturated carbocycles. The first kappa shape index (κ1) is 17.3. The topological polar surface area (TPSA) is 83.8 Å². The summed E-state index contributed by atoms with van der Waals surface area (Å²) >= 11 is 0. The van der Waals surface area contributed by atoms with Gasteiger partial charge in [-0.3, -0.25) is 4.79 Å². The SMILES string of the molecule is CC(O)C(=O)C(C)(O)C(=O)O[Si](C)(C)C(C)(C)C. The predicted molar refractivity (Wildman–Crippen MR) is 70.6 cm³/mol. The fraction of sp³-hybridized carbons (Fsp3) is 0.833. The van der Waals surface area contributed by atoms with Crippen molar-refractivity contribution in [3.63, 3.8) is 0 Å². The van der Waals surface area contributed by atoms with E-state index in [0.29, 0.717) is 0 Å². The summed E-state index contributed by atoms with van der Waals surface area (Å²) in [5.74, 6) is -1.94. The molecule has 0 heterocycles. The molecule has 0 saturated heterocycles. The molecule has 0 aliphatic rings. The molecular weight excluding hydrogens is 252 g/mol. The van der Waals surface area contributed by atoms with Crippen LogP contribution in [0.2, 0.25) is 18.1 Å². The molecule has 0 fully saturated rings. The molecule has 0 spiro atoms. The number of carbonyl (C=O) groups excluding carboxylic acids is 2. The molecule has 2 N–H and O–H groups in total. The Balaban J connectivity index is 5.05. The number of carbonyl (C=O) groups is 2. The van der Waals surface area contributed by atoms with E-state index in [4.69, 9.17) is 9.53 Å². The Bertz CT molecular complexity index is 339. The van der Waals surface area contributed by atoms with Crippen LogP contribution in [-0.4, -0.2) is 42.0 Å². The minimum atomic E-state index is -2.40. The zero-order valence-electron chi connectivity index (χ0n) is 12.2. The highest BCUT2D eigenvalue weighted by atomic mass is 28.4. The first-order valence-electron chi connectivity index (χ1n) is 5.91. The fourth-order valence-corrected chi connectivity index (χ4v) is 1.96. The molecule has 0 aromatic rings. The first-order valence-corrected chi connectivity index (χ1v) is 8.82. The zero-order chi connectivity index (χ0) is 14.9. The van der Waals surface area contributed by atoms with E-state index < -0.39 is 31.8 Å². The van der Waals surface area contributed by atoms with Gasteiger partial charge in [-0.25, -0.2) is 4.79 Å². The molecule has 2 unspecified atom stereocenters. The second-order valence-corrected chi connectivity index (χ2v) is 11.0. The molecule has 0 amide bonds. The molecule has 0 aliphatic heterocycles. The van der Waals surface area contributed by atoms with E-state index in [1.54, 1.807) is 0 Å². The number of hydrogen-bond acceptors (Lipinski definition) is 5. The summed E-state index contributed by atoms with van der Waals surface area (Å²) in [7, 11) is -2.40. The normalized spacial score (nSPS) is 17.8. The van der Waals surface area contributed by atoms with Gasteiger partial charge in [0.2, 0.25) is 11.4 Å². The Hall–Kier alpha value is -0.723. The Labute approximate surface area is 109 Å². The maximum Gasteiger partial charge on any atom is 0.332 e. The van der Waals surface area contributed by atoms with Crippen LogP contribution in [0.3, 0.4) is 0 Å². The van der Waals surface area contributed by atoms with Gasteiger partial charge in [-0.05, 0) is 32.0 Å². The lowest BCUT2D eigenvalue weighted by molar-refractivity contribution is -0.165. The molecule has 0 rings (SSSR count). The molecule has 0 radical (unpaired) electrons. The molecule has 6 heteroatoms. The highest BCUT2D eigenvalue weighted by Gasteiger charge is 2.48. The Morgan fingerprint density at radius 1 is 1.17 bits per heavy atom. The van der Waals surface area contributed by atoms with Gasteiger partial charge >= 0.3 is 5.97 Å². The van der Waals surface area contributed by atoms with E-state index in [9.17, 15) is 14.7 Å². The summed E-state index contributed by atoms with van der Waals surface area (Å²) in [6, 6.07) is 0. The van der Waals surface area contributed by atoms with Gasteiger partial charge in [0.05, 0.1) is 0 Å². The van der Waals surface area contributed by atoms with E-state index in [2.05, 4.69) is 0 Å². The highest BCUT2D eigenvalue weighted by Crippen LogP contribution is 2.37. The number of Topliss-reactive ketones (excluding diaryl/α,β-unsaturated/α-hetero) is 1. The van der Waals surface area contributed by atoms with Crippen LogP contribution in [0, 0.1) is 0 Å². The lowest BCUT2D eigenvalue weighted by Gasteiger charge is -2.37. The minimum absolute atomic E-state index is 0.216. The van der Waals surface area contributed by atoms with Crippen LogP contribution in [0.4, 0.5) is 0 Å². The van der Waals surface area contributed by atoms with Crippen molar-refractivity contribution in [2.45, 2.75) is 64.5 Å². The van der Waals surface area contributed by atoms with Gasteiger partial charge in [0.25, 0.3) is 8.32 Å². The van der Waals surface area contributed by atoms with Gasteiger partial charge in [-0.1, -0.05) is 20.8 Å². The van der Waals surface area contributed by atoms with Gasteiger partial charge < -0.3 is 14.6 Å². The maximum absolute atomic E-state index is 11.9. The van der Waals surface area contributed by atoms with Crippen molar-refractivity contribution < 1.29 is 24.2 Å². The molecule has 0 bridgehead atoms. The smallest absolute Gasteiger partial charge is 0.332 e. The van der Waals surface area contributed by atoms with Crippen LogP contribution in [0.1, 0.15) is 34.6 Å². The second-order valence-electron chi connectivity index (χ2n) is 6.26. The highest BCUT2D eigenvalue weighted by molar-refractivity contribution is 6.75. The standard InChI is InChI=1S/C12H24O5Si/c1-8(13)9(14)12(5,16)10(15)17-18(6,7)11(2,3)4/h8,13,16H,1-7H3.